The van der Waals surface area contributed by atoms with Crippen LogP contribution in [0.2, 0.25) is 0 Å². The maximum absolute atomic E-state index is 12.7. The molecule has 0 radical (unpaired) electrons. The van der Waals surface area contributed by atoms with E-state index in [-0.39, 0.29) is 17.6 Å². The van der Waals surface area contributed by atoms with Crippen LogP contribution in [0.4, 0.5) is 0 Å². The third-order valence-electron chi connectivity index (χ3n) is 5.79. The predicted molar refractivity (Wildman–Crippen MR) is 128 cm³/mol. The molecule has 0 aliphatic carbocycles. The molecular formula is C24H28N6O3. The van der Waals surface area contributed by atoms with E-state index in [1.54, 1.807) is 36.1 Å². The Morgan fingerprint density at radius 1 is 1.33 bits per heavy atom. The van der Waals surface area contributed by atoms with Crippen LogP contribution < -0.4 is 16.7 Å². The van der Waals surface area contributed by atoms with Crippen molar-refractivity contribution in [3.63, 3.8) is 0 Å². The third-order valence-corrected chi connectivity index (χ3v) is 5.79. The van der Waals surface area contributed by atoms with Crippen molar-refractivity contribution in [2.45, 2.75) is 32.2 Å². The lowest BCUT2D eigenvalue weighted by Crippen LogP contribution is -2.22. The van der Waals surface area contributed by atoms with Gasteiger partial charge in [-0.1, -0.05) is 6.07 Å². The fourth-order valence-corrected chi connectivity index (χ4v) is 4.10. The van der Waals surface area contributed by atoms with Crippen LogP contribution in [0.1, 0.15) is 41.2 Å². The first-order valence-corrected chi connectivity index (χ1v) is 11.0. The lowest BCUT2D eigenvalue weighted by molar-refractivity contribution is 0.100. The van der Waals surface area contributed by atoms with Gasteiger partial charge in [-0.25, -0.2) is 9.78 Å². The summed E-state index contributed by atoms with van der Waals surface area (Å²) in [6, 6.07) is 7.32. The Morgan fingerprint density at radius 2 is 2.18 bits per heavy atom. The smallest absolute Gasteiger partial charge is 0.327 e. The van der Waals surface area contributed by atoms with Gasteiger partial charge in [0.2, 0.25) is 0 Å². The summed E-state index contributed by atoms with van der Waals surface area (Å²) in [7, 11) is 1.73. The molecule has 2 aromatic heterocycles. The second kappa shape index (κ2) is 9.83. The van der Waals surface area contributed by atoms with Crippen LogP contribution in [-0.4, -0.2) is 46.5 Å². The first-order chi connectivity index (χ1) is 16.0. The number of ether oxygens (including phenoxy) is 1. The van der Waals surface area contributed by atoms with Crippen molar-refractivity contribution >= 4 is 22.9 Å². The number of aromatic nitrogens is 3. The molecule has 0 bridgehead atoms. The molecule has 1 fully saturated rings. The number of H-pyrrole nitrogens is 1. The number of aliphatic imine (C=N–C) groups is 1. The van der Waals surface area contributed by atoms with Gasteiger partial charge in [-0.15, -0.1) is 0 Å². The van der Waals surface area contributed by atoms with Crippen LogP contribution in [0, 0.1) is 6.92 Å². The Morgan fingerprint density at radius 3 is 3.00 bits per heavy atom. The number of hydrogen-bond donors (Lipinski definition) is 3. The Labute approximate surface area is 191 Å². The number of hydrogen-bond acceptors (Lipinski definition) is 5. The average Bonchev–Trinajstić information content (AvgIpc) is 2.95. The number of nitrogens with zero attached hydrogens (tertiary/aromatic N) is 3. The largest absolute Gasteiger partial charge is 0.394 e. The zero-order valence-electron chi connectivity index (χ0n) is 18.8. The van der Waals surface area contributed by atoms with Crippen LogP contribution in [0.3, 0.4) is 0 Å². The van der Waals surface area contributed by atoms with E-state index in [0.717, 1.165) is 42.6 Å². The minimum Gasteiger partial charge on any atom is -0.394 e. The molecule has 0 saturated carbocycles. The van der Waals surface area contributed by atoms with Crippen molar-refractivity contribution in [1.82, 2.24) is 19.9 Å². The number of amidine groups is 1. The number of carbonyl (C=O) groups is 1. The summed E-state index contributed by atoms with van der Waals surface area (Å²) >= 11 is 0. The van der Waals surface area contributed by atoms with Gasteiger partial charge in [-0.05, 0) is 67.8 Å². The van der Waals surface area contributed by atoms with Gasteiger partial charge >= 0.3 is 5.69 Å². The number of pyridine rings is 1. The first kappa shape index (κ1) is 22.5. The van der Waals surface area contributed by atoms with Gasteiger partial charge in [0.25, 0.3) is 5.91 Å². The molecule has 4 N–H and O–H groups in total. The Kier molecular flexibility index (Phi) is 6.69. The summed E-state index contributed by atoms with van der Waals surface area (Å²) < 4.78 is 7.29. The maximum atomic E-state index is 12.7. The summed E-state index contributed by atoms with van der Waals surface area (Å²) in [4.78, 5) is 36.8. The second-order valence-corrected chi connectivity index (χ2v) is 8.09. The van der Waals surface area contributed by atoms with E-state index in [4.69, 9.17) is 10.5 Å². The molecule has 172 valence electrons. The summed E-state index contributed by atoms with van der Waals surface area (Å²) in [5.41, 5.74) is 9.95. The monoisotopic (exact) mass is 448 g/mol. The van der Waals surface area contributed by atoms with Gasteiger partial charge in [0, 0.05) is 43.6 Å². The number of amides is 1. The molecule has 1 aromatic carbocycles. The van der Waals surface area contributed by atoms with E-state index in [1.807, 2.05) is 19.1 Å². The standard InChI is InChI=1S/C24H28N6O3/c1-15-5-6-16(23(31)29-21(25)7-9-26-2)12-19(15)17-13-20-22(27-14-17)30(24(32)28-20)18-4-3-10-33-11-8-18/h5-7,9,12-14,18,26H,3-4,8,10-11H2,1-2H3,(H,28,32)(H2,25,29,31)/b9-7-. The van der Waals surface area contributed by atoms with Gasteiger partial charge in [-0.2, -0.15) is 4.99 Å². The fourth-order valence-electron chi connectivity index (χ4n) is 4.10. The van der Waals surface area contributed by atoms with Crippen molar-refractivity contribution < 1.29 is 9.53 Å². The molecule has 3 aromatic rings. The SMILES string of the molecule is CN/C=C\C(N)=NC(=O)c1ccc(C)c(-c2cnc3c(c2)[nH]c(=O)n3C2CCCOCC2)c1. The molecule has 1 atom stereocenters. The molecule has 1 aliphatic heterocycles. The van der Waals surface area contributed by atoms with E-state index in [1.165, 1.54) is 6.08 Å². The van der Waals surface area contributed by atoms with Crippen LogP contribution in [0.15, 0.2) is 52.5 Å². The highest BCUT2D eigenvalue weighted by atomic mass is 16.5. The number of imidazole rings is 1. The zero-order valence-corrected chi connectivity index (χ0v) is 18.8. The third kappa shape index (κ3) is 4.88. The fraction of sp³-hybridized carbons (Fsp3) is 0.333. The number of aryl methyl sites for hydroxylation is 1. The van der Waals surface area contributed by atoms with Gasteiger partial charge < -0.3 is 20.8 Å². The quantitative estimate of drug-likeness (QED) is 0.407. The van der Waals surface area contributed by atoms with Crippen LogP contribution in [0.5, 0.6) is 0 Å². The van der Waals surface area contributed by atoms with E-state index in [9.17, 15) is 9.59 Å². The summed E-state index contributed by atoms with van der Waals surface area (Å²) in [6.07, 6.45) is 7.44. The molecule has 3 heterocycles. The topological polar surface area (TPSA) is 127 Å². The van der Waals surface area contributed by atoms with Gasteiger partial charge in [0.1, 0.15) is 5.84 Å². The van der Waals surface area contributed by atoms with Crippen molar-refractivity contribution in [3.05, 3.63) is 64.3 Å². The number of nitrogens with two attached hydrogens (primary N) is 1. The van der Waals surface area contributed by atoms with Gasteiger partial charge in [0.05, 0.1) is 5.52 Å². The summed E-state index contributed by atoms with van der Waals surface area (Å²) in [5.74, 6) is -0.318. The van der Waals surface area contributed by atoms with Crippen molar-refractivity contribution in [1.29, 1.82) is 0 Å². The first-order valence-electron chi connectivity index (χ1n) is 11.0. The zero-order chi connectivity index (χ0) is 23.4. The van der Waals surface area contributed by atoms with Crippen molar-refractivity contribution in [3.8, 4) is 11.1 Å². The Bertz CT molecular complexity index is 1280. The molecule has 9 heteroatoms. The highest BCUT2D eigenvalue weighted by Gasteiger charge is 2.20. The molecule has 1 amide bonds. The van der Waals surface area contributed by atoms with E-state index >= 15 is 0 Å². The number of nitrogens with one attached hydrogen (secondary N) is 2. The Hall–Kier alpha value is -3.72. The number of carbonyl (C=O) groups excluding carboxylic acids is 1. The highest BCUT2D eigenvalue weighted by molar-refractivity contribution is 6.06. The van der Waals surface area contributed by atoms with Crippen LogP contribution in [-0.2, 0) is 4.74 Å². The predicted octanol–water partition coefficient (Wildman–Crippen LogP) is 2.67. The highest BCUT2D eigenvalue weighted by Crippen LogP contribution is 2.28. The van der Waals surface area contributed by atoms with E-state index in [2.05, 4.69) is 20.3 Å². The second-order valence-electron chi connectivity index (χ2n) is 8.09. The minimum atomic E-state index is -0.432. The van der Waals surface area contributed by atoms with E-state index in [0.29, 0.717) is 23.3 Å². The summed E-state index contributed by atoms with van der Waals surface area (Å²) in [5, 5.41) is 2.80. The number of rotatable bonds is 5. The van der Waals surface area contributed by atoms with Crippen molar-refractivity contribution in [2.24, 2.45) is 10.7 Å². The molecular weight excluding hydrogens is 420 g/mol. The van der Waals surface area contributed by atoms with Crippen molar-refractivity contribution in [2.75, 3.05) is 20.3 Å². The van der Waals surface area contributed by atoms with Gasteiger partial charge in [0.15, 0.2) is 5.65 Å². The maximum Gasteiger partial charge on any atom is 0.327 e. The van der Waals surface area contributed by atoms with E-state index < -0.39 is 5.91 Å². The molecule has 4 rings (SSSR count). The number of fused-ring (bicyclic) bond motifs is 1. The number of benzene rings is 1. The lowest BCUT2D eigenvalue weighted by Gasteiger charge is -2.15. The summed E-state index contributed by atoms with van der Waals surface area (Å²) in [6.45, 7) is 3.32. The molecule has 1 unspecified atom stereocenters. The van der Waals surface area contributed by atoms with Crippen LogP contribution >= 0.6 is 0 Å². The minimum absolute atomic E-state index is 0.0649. The number of aromatic amines is 1. The molecule has 1 saturated heterocycles. The molecule has 1 aliphatic rings. The molecule has 33 heavy (non-hydrogen) atoms. The Balaban J connectivity index is 1.69. The van der Waals surface area contributed by atoms with Crippen LogP contribution in [0.25, 0.3) is 22.3 Å². The van der Waals surface area contributed by atoms with Gasteiger partial charge in [-0.3, -0.25) is 9.36 Å². The normalized spacial score (nSPS) is 17.4. The molecule has 0 spiro atoms. The molecule has 9 nitrogen and oxygen atoms in total. The average molecular weight is 449 g/mol. The lowest BCUT2D eigenvalue weighted by atomic mass is 9.99.